The van der Waals surface area contributed by atoms with Crippen molar-refractivity contribution < 1.29 is 4.42 Å². The van der Waals surface area contributed by atoms with Crippen molar-refractivity contribution in [3.63, 3.8) is 0 Å². The van der Waals surface area contributed by atoms with Gasteiger partial charge in [0.05, 0.1) is 6.04 Å². The number of furan rings is 1. The van der Waals surface area contributed by atoms with E-state index in [0.29, 0.717) is 0 Å². The second-order valence-corrected chi connectivity index (χ2v) is 3.63. The van der Waals surface area contributed by atoms with Crippen molar-refractivity contribution >= 4 is 5.88 Å². The van der Waals surface area contributed by atoms with Gasteiger partial charge in [0.15, 0.2) is 5.88 Å². The average Bonchev–Trinajstić information content (AvgIpc) is 2.86. The van der Waals surface area contributed by atoms with Crippen molar-refractivity contribution in [2.24, 2.45) is 5.73 Å². The Labute approximate surface area is 84.2 Å². The Morgan fingerprint density at radius 1 is 1.43 bits per heavy atom. The van der Waals surface area contributed by atoms with Crippen LogP contribution in [-0.2, 0) is 0 Å². The lowest BCUT2D eigenvalue weighted by Crippen LogP contribution is -2.16. The summed E-state index contributed by atoms with van der Waals surface area (Å²) in [6, 6.07) is 3.73. The molecular weight excluding hydrogens is 176 g/mol. The average molecular weight is 192 g/mol. The first kappa shape index (κ1) is 9.34. The van der Waals surface area contributed by atoms with E-state index in [0.717, 1.165) is 24.7 Å². The fourth-order valence-electron chi connectivity index (χ4n) is 1.74. The second-order valence-electron chi connectivity index (χ2n) is 3.63. The van der Waals surface area contributed by atoms with Crippen molar-refractivity contribution in [2.45, 2.75) is 18.9 Å². The quantitative estimate of drug-likeness (QED) is 0.745. The SMILES string of the molecule is C=CC(N)c1ccc(N2CCCC2)o1. The summed E-state index contributed by atoms with van der Waals surface area (Å²) in [5.41, 5.74) is 5.78. The fourth-order valence-corrected chi connectivity index (χ4v) is 1.74. The molecule has 0 amide bonds. The molecule has 0 saturated carbocycles. The van der Waals surface area contributed by atoms with Gasteiger partial charge >= 0.3 is 0 Å². The molecule has 1 saturated heterocycles. The fraction of sp³-hybridized carbons (Fsp3) is 0.455. The Morgan fingerprint density at radius 2 is 2.14 bits per heavy atom. The number of rotatable bonds is 3. The molecule has 2 heterocycles. The van der Waals surface area contributed by atoms with Gasteiger partial charge in [0, 0.05) is 19.2 Å². The molecule has 1 aliphatic heterocycles. The first-order valence-corrected chi connectivity index (χ1v) is 5.04. The Kier molecular flexibility index (Phi) is 2.59. The zero-order chi connectivity index (χ0) is 9.97. The van der Waals surface area contributed by atoms with Gasteiger partial charge in [-0.15, -0.1) is 6.58 Å². The minimum absolute atomic E-state index is 0.189. The molecule has 1 unspecified atom stereocenters. The highest BCUT2D eigenvalue weighted by molar-refractivity contribution is 5.38. The molecule has 1 aromatic rings. The number of hydrogen-bond donors (Lipinski definition) is 1. The summed E-state index contributed by atoms with van der Waals surface area (Å²) >= 11 is 0. The highest BCUT2D eigenvalue weighted by Gasteiger charge is 2.16. The first-order chi connectivity index (χ1) is 6.81. The van der Waals surface area contributed by atoms with Crippen LogP contribution >= 0.6 is 0 Å². The minimum Gasteiger partial charge on any atom is -0.444 e. The second kappa shape index (κ2) is 3.88. The number of nitrogens with two attached hydrogens (primary N) is 1. The van der Waals surface area contributed by atoms with Crippen molar-refractivity contribution in [2.75, 3.05) is 18.0 Å². The molecule has 0 bridgehead atoms. The molecule has 1 aliphatic rings. The van der Waals surface area contributed by atoms with Crippen molar-refractivity contribution in [1.29, 1.82) is 0 Å². The maximum Gasteiger partial charge on any atom is 0.195 e. The standard InChI is InChI=1S/C11H16N2O/c1-2-9(12)10-5-6-11(14-10)13-7-3-4-8-13/h2,5-6,9H,1,3-4,7-8,12H2. The topological polar surface area (TPSA) is 42.4 Å². The molecule has 2 rings (SSSR count). The lowest BCUT2D eigenvalue weighted by atomic mass is 10.2. The molecule has 0 spiro atoms. The minimum atomic E-state index is -0.189. The summed E-state index contributed by atoms with van der Waals surface area (Å²) in [5, 5.41) is 0. The molecule has 1 fully saturated rings. The van der Waals surface area contributed by atoms with Gasteiger partial charge in [-0.2, -0.15) is 0 Å². The normalized spacial score (nSPS) is 18.5. The molecule has 0 radical (unpaired) electrons. The van der Waals surface area contributed by atoms with Crippen LogP contribution in [0.4, 0.5) is 5.88 Å². The lowest BCUT2D eigenvalue weighted by Gasteiger charge is -2.13. The van der Waals surface area contributed by atoms with Gasteiger partial charge < -0.3 is 15.1 Å². The maximum absolute atomic E-state index is 5.78. The molecule has 76 valence electrons. The van der Waals surface area contributed by atoms with Crippen molar-refractivity contribution in [3.8, 4) is 0 Å². The van der Waals surface area contributed by atoms with E-state index < -0.39 is 0 Å². The van der Waals surface area contributed by atoms with Crippen LogP contribution in [-0.4, -0.2) is 13.1 Å². The summed E-state index contributed by atoms with van der Waals surface area (Å²) < 4.78 is 5.65. The molecule has 0 aromatic carbocycles. The van der Waals surface area contributed by atoms with Gasteiger partial charge in [-0.25, -0.2) is 0 Å². The Morgan fingerprint density at radius 3 is 2.79 bits per heavy atom. The highest BCUT2D eigenvalue weighted by atomic mass is 16.4. The molecule has 1 aromatic heterocycles. The lowest BCUT2D eigenvalue weighted by molar-refractivity contribution is 0.491. The third-order valence-corrected chi connectivity index (χ3v) is 2.61. The summed E-state index contributed by atoms with van der Waals surface area (Å²) in [5.74, 6) is 1.73. The van der Waals surface area contributed by atoms with Gasteiger partial charge in [0.1, 0.15) is 5.76 Å². The van der Waals surface area contributed by atoms with Crippen LogP contribution in [0.2, 0.25) is 0 Å². The zero-order valence-electron chi connectivity index (χ0n) is 8.28. The number of hydrogen-bond acceptors (Lipinski definition) is 3. The van der Waals surface area contributed by atoms with Crippen molar-refractivity contribution in [3.05, 3.63) is 30.5 Å². The number of nitrogens with zero attached hydrogens (tertiary/aromatic N) is 1. The molecule has 1 atom stereocenters. The van der Waals surface area contributed by atoms with Crippen LogP contribution in [0.1, 0.15) is 24.6 Å². The summed E-state index contributed by atoms with van der Waals surface area (Å²) in [6.45, 7) is 5.83. The van der Waals surface area contributed by atoms with Crippen LogP contribution in [0.15, 0.2) is 29.2 Å². The monoisotopic (exact) mass is 192 g/mol. The van der Waals surface area contributed by atoms with Crippen LogP contribution in [0.5, 0.6) is 0 Å². The third-order valence-electron chi connectivity index (χ3n) is 2.61. The van der Waals surface area contributed by atoms with E-state index in [1.165, 1.54) is 12.8 Å². The Bertz CT molecular complexity index is 313. The highest BCUT2D eigenvalue weighted by Crippen LogP contribution is 2.25. The molecule has 3 heteroatoms. The van der Waals surface area contributed by atoms with Gasteiger partial charge in [-0.1, -0.05) is 6.08 Å². The van der Waals surface area contributed by atoms with Crippen LogP contribution in [0, 0.1) is 0 Å². The van der Waals surface area contributed by atoms with E-state index >= 15 is 0 Å². The first-order valence-electron chi connectivity index (χ1n) is 5.04. The van der Waals surface area contributed by atoms with Gasteiger partial charge in [-0.05, 0) is 18.9 Å². The van der Waals surface area contributed by atoms with Crippen LogP contribution < -0.4 is 10.6 Å². The summed E-state index contributed by atoms with van der Waals surface area (Å²) in [7, 11) is 0. The summed E-state index contributed by atoms with van der Waals surface area (Å²) in [4.78, 5) is 2.25. The maximum atomic E-state index is 5.78. The smallest absolute Gasteiger partial charge is 0.195 e. The zero-order valence-corrected chi connectivity index (χ0v) is 8.28. The molecular formula is C11H16N2O. The van der Waals surface area contributed by atoms with E-state index in [4.69, 9.17) is 10.2 Å². The van der Waals surface area contributed by atoms with E-state index in [2.05, 4.69) is 11.5 Å². The van der Waals surface area contributed by atoms with Crippen LogP contribution in [0.3, 0.4) is 0 Å². The van der Waals surface area contributed by atoms with Gasteiger partial charge in [-0.3, -0.25) is 0 Å². The Hall–Kier alpha value is -1.22. The van der Waals surface area contributed by atoms with Crippen LogP contribution in [0.25, 0.3) is 0 Å². The number of anilines is 1. The summed E-state index contributed by atoms with van der Waals surface area (Å²) in [6.07, 6.45) is 4.19. The largest absolute Gasteiger partial charge is 0.444 e. The Balaban J connectivity index is 2.12. The van der Waals surface area contributed by atoms with E-state index in [-0.39, 0.29) is 6.04 Å². The molecule has 3 nitrogen and oxygen atoms in total. The third kappa shape index (κ3) is 1.68. The van der Waals surface area contributed by atoms with E-state index in [9.17, 15) is 0 Å². The molecule has 14 heavy (non-hydrogen) atoms. The van der Waals surface area contributed by atoms with Gasteiger partial charge in [0.2, 0.25) is 0 Å². The predicted octanol–water partition coefficient (Wildman–Crippen LogP) is 2.07. The van der Waals surface area contributed by atoms with Gasteiger partial charge in [0.25, 0.3) is 0 Å². The van der Waals surface area contributed by atoms with E-state index in [1.807, 2.05) is 12.1 Å². The predicted molar refractivity (Wildman–Crippen MR) is 57.3 cm³/mol. The van der Waals surface area contributed by atoms with Crippen molar-refractivity contribution in [1.82, 2.24) is 0 Å². The molecule has 0 aliphatic carbocycles. The molecule has 2 N–H and O–H groups in total. The van der Waals surface area contributed by atoms with E-state index in [1.54, 1.807) is 6.08 Å².